The molecule has 2 atom stereocenters. The van der Waals surface area contributed by atoms with Gasteiger partial charge in [-0.15, -0.1) is 11.3 Å². The predicted molar refractivity (Wildman–Crippen MR) is 85.7 cm³/mol. The Morgan fingerprint density at radius 2 is 2.19 bits per heavy atom. The summed E-state index contributed by atoms with van der Waals surface area (Å²) >= 11 is 1.49. The lowest BCUT2D eigenvalue weighted by Gasteiger charge is -2.29. The van der Waals surface area contributed by atoms with E-state index in [4.69, 9.17) is 10.8 Å². The van der Waals surface area contributed by atoms with Crippen molar-refractivity contribution in [3.05, 3.63) is 11.1 Å². The van der Waals surface area contributed by atoms with E-state index < -0.39 is 12.0 Å². The highest BCUT2D eigenvalue weighted by atomic mass is 32.1. The average molecular weight is 311 g/mol. The van der Waals surface area contributed by atoms with Gasteiger partial charge >= 0.3 is 5.97 Å². The number of aliphatic carboxylic acids is 1. The Hall–Kier alpha value is -1.14. The molecule has 0 aliphatic carbocycles. The number of nitrogens with zero attached hydrogens (tertiary/aromatic N) is 2. The first kappa shape index (κ1) is 16.2. The van der Waals surface area contributed by atoms with Gasteiger partial charge in [0.15, 0.2) is 5.13 Å². The van der Waals surface area contributed by atoms with Crippen LogP contribution >= 0.6 is 11.3 Å². The molecule has 0 bridgehead atoms. The SMILES string of the molecule is CC(C)(C)C1CCCN(c2nc(C(N)C(=O)O)cs2)CC1. The molecule has 0 amide bonds. The molecule has 5 nitrogen and oxygen atoms in total. The quantitative estimate of drug-likeness (QED) is 0.897. The number of nitrogens with two attached hydrogens (primary N) is 1. The number of hydrogen-bond acceptors (Lipinski definition) is 5. The van der Waals surface area contributed by atoms with Crippen LogP contribution < -0.4 is 10.6 Å². The predicted octanol–water partition coefficient (Wildman–Crippen LogP) is 2.88. The highest BCUT2D eigenvalue weighted by Crippen LogP contribution is 2.35. The first-order valence-electron chi connectivity index (χ1n) is 7.48. The second-order valence-electron chi connectivity index (χ2n) is 6.85. The summed E-state index contributed by atoms with van der Waals surface area (Å²) in [5, 5.41) is 11.6. The van der Waals surface area contributed by atoms with Crippen molar-refractivity contribution in [2.75, 3.05) is 18.0 Å². The number of carbonyl (C=O) groups is 1. The van der Waals surface area contributed by atoms with Crippen LogP contribution in [0.4, 0.5) is 5.13 Å². The van der Waals surface area contributed by atoms with Gasteiger partial charge in [0, 0.05) is 18.5 Å². The van der Waals surface area contributed by atoms with Crippen LogP contribution in [0.1, 0.15) is 51.8 Å². The van der Waals surface area contributed by atoms with E-state index in [2.05, 4.69) is 30.7 Å². The second kappa shape index (κ2) is 6.32. The molecule has 0 saturated carbocycles. The maximum Gasteiger partial charge on any atom is 0.326 e. The minimum atomic E-state index is -1.03. The molecule has 1 aromatic rings. The van der Waals surface area contributed by atoms with Crippen LogP contribution in [0.25, 0.3) is 0 Å². The lowest BCUT2D eigenvalue weighted by Crippen LogP contribution is -2.26. The Kier molecular flexibility index (Phi) is 4.88. The number of hydrogen-bond donors (Lipinski definition) is 2. The summed E-state index contributed by atoms with van der Waals surface area (Å²) in [5.74, 6) is -0.307. The van der Waals surface area contributed by atoms with Gasteiger partial charge in [0.2, 0.25) is 0 Å². The summed E-state index contributed by atoms with van der Waals surface area (Å²) in [5.41, 5.74) is 6.42. The van der Waals surface area contributed by atoms with Gasteiger partial charge in [-0.3, -0.25) is 4.79 Å². The van der Waals surface area contributed by atoms with Crippen molar-refractivity contribution in [1.29, 1.82) is 0 Å². The van der Waals surface area contributed by atoms with Gasteiger partial charge in [-0.2, -0.15) is 0 Å². The van der Waals surface area contributed by atoms with Crippen molar-refractivity contribution < 1.29 is 9.90 Å². The van der Waals surface area contributed by atoms with Gasteiger partial charge in [-0.05, 0) is 30.6 Å². The standard InChI is InChI=1S/C15H25N3O2S/c1-15(2,3)10-5-4-7-18(8-6-10)14-17-11(9-21-14)12(16)13(19)20/h9-10,12H,4-8,16H2,1-3H3,(H,19,20). The van der Waals surface area contributed by atoms with Crippen LogP contribution in [-0.2, 0) is 4.79 Å². The minimum absolute atomic E-state index is 0.343. The van der Waals surface area contributed by atoms with Crippen molar-refractivity contribution >= 4 is 22.4 Å². The normalized spacial score (nSPS) is 21.9. The Bertz CT molecular complexity index is 495. The number of aromatic nitrogens is 1. The molecule has 1 aromatic heterocycles. The zero-order valence-electron chi connectivity index (χ0n) is 13.0. The largest absolute Gasteiger partial charge is 0.480 e. The molecule has 21 heavy (non-hydrogen) atoms. The molecule has 2 unspecified atom stereocenters. The Morgan fingerprint density at radius 3 is 2.81 bits per heavy atom. The van der Waals surface area contributed by atoms with Crippen molar-refractivity contribution in [1.82, 2.24) is 4.98 Å². The summed E-state index contributed by atoms with van der Waals surface area (Å²) in [6.45, 7) is 8.89. The van der Waals surface area contributed by atoms with E-state index in [1.54, 1.807) is 5.38 Å². The molecule has 2 rings (SSSR count). The van der Waals surface area contributed by atoms with Crippen LogP contribution in [-0.4, -0.2) is 29.1 Å². The molecule has 0 spiro atoms. The fourth-order valence-electron chi connectivity index (χ4n) is 2.84. The summed E-state index contributed by atoms with van der Waals surface area (Å²) in [7, 11) is 0. The smallest absolute Gasteiger partial charge is 0.326 e. The van der Waals surface area contributed by atoms with E-state index in [0.29, 0.717) is 11.1 Å². The van der Waals surface area contributed by atoms with E-state index in [-0.39, 0.29) is 0 Å². The fourth-order valence-corrected chi connectivity index (χ4v) is 3.76. The van der Waals surface area contributed by atoms with Gasteiger partial charge < -0.3 is 15.7 Å². The summed E-state index contributed by atoms with van der Waals surface area (Å²) in [6.07, 6.45) is 3.55. The molecular formula is C15H25N3O2S. The number of carboxylic acid groups (broad SMARTS) is 1. The Balaban J connectivity index is 2.04. The van der Waals surface area contributed by atoms with E-state index in [1.807, 2.05) is 0 Å². The van der Waals surface area contributed by atoms with Gasteiger partial charge in [-0.1, -0.05) is 20.8 Å². The lowest BCUT2D eigenvalue weighted by atomic mass is 9.77. The monoisotopic (exact) mass is 311 g/mol. The highest BCUT2D eigenvalue weighted by molar-refractivity contribution is 7.13. The Morgan fingerprint density at radius 1 is 1.48 bits per heavy atom. The van der Waals surface area contributed by atoms with Crippen molar-refractivity contribution in [2.24, 2.45) is 17.1 Å². The molecule has 118 valence electrons. The van der Waals surface area contributed by atoms with Gasteiger partial charge in [0.25, 0.3) is 0 Å². The van der Waals surface area contributed by atoms with Gasteiger partial charge in [0.05, 0.1) is 5.69 Å². The maximum atomic E-state index is 10.9. The first-order chi connectivity index (χ1) is 9.79. The molecule has 2 heterocycles. The second-order valence-corrected chi connectivity index (χ2v) is 7.69. The third-order valence-corrected chi connectivity index (χ3v) is 5.24. The summed E-state index contributed by atoms with van der Waals surface area (Å²) in [6, 6.07) is -1.02. The minimum Gasteiger partial charge on any atom is -0.480 e. The van der Waals surface area contributed by atoms with E-state index in [0.717, 1.165) is 37.0 Å². The third-order valence-electron chi connectivity index (χ3n) is 4.32. The number of anilines is 1. The third kappa shape index (κ3) is 3.95. The van der Waals surface area contributed by atoms with Crippen LogP contribution in [0.2, 0.25) is 0 Å². The summed E-state index contributed by atoms with van der Waals surface area (Å²) < 4.78 is 0. The molecule has 0 radical (unpaired) electrons. The lowest BCUT2D eigenvalue weighted by molar-refractivity contribution is -0.138. The Labute approximate surface area is 130 Å². The number of carboxylic acids is 1. The van der Waals surface area contributed by atoms with Crippen LogP contribution in [0.3, 0.4) is 0 Å². The molecule has 0 aromatic carbocycles. The maximum absolute atomic E-state index is 10.9. The molecule has 1 saturated heterocycles. The molecule has 1 fully saturated rings. The highest BCUT2D eigenvalue weighted by Gasteiger charge is 2.28. The van der Waals surface area contributed by atoms with E-state index in [9.17, 15) is 4.79 Å². The van der Waals surface area contributed by atoms with Crippen molar-refractivity contribution in [3.63, 3.8) is 0 Å². The molecular weight excluding hydrogens is 286 g/mol. The van der Waals surface area contributed by atoms with Crippen molar-refractivity contribution in [3.8, 4) is 0 Å². The molecule has 3 N–H and O–H groups in total. The van der Waals surface area contributed by atoms with E-state index >= 15 is 0 Å². The molecule has 1 aliphatic rings. The molecule has 1 aliphatic heterocycles. The van der Waals surface area contributed by atoms with Gasteiger partial charge in [0.1, 0.15) is 6.04 Å². The summed E-state index contributed by atoms with van der Waals surface area (Å²) in [4.78, 5) is 17.6. The zero-order chi connectivity index (χ0) is 15.6. The fraction of sp³-hybridized carbons (Fsp3) is 0.733. The average Bonchev–Trinajstić information content (AvgIpc) is 2.73. The topological polar surface area (TPSA) is 79.5 Å². The number of rotatable bonds is 3. The molecule has 6 heteroatoms. The van der Waals surface area contributed by atoms with Crippen LogP contribution in [0, 0.1) is 11.3 Å². The van der Waals surface area contributed by atoms with Crippen LogP contribution in [0.5, 0.6) is 0 Å². The van der Waals surface area contributed by atoms with Crippen LogP contribution in [0.15, 0.2) is 5.38 Å². The van der Waals surface area contributed by atoms with Crippen molar-refractivity contribution in [2.45, 2.75) is 46.1 Å². The zero-order valence-corrected chi connectivity index (χ0v) is 13.8. The van der Waals surface area contributed by atoms with Gasteiger partial charge in [-0.25, -0.2) is 4.98 Å². The number of thiazole rings is 1. The first-order valence-corrected chi connectivity index (χ1v) is 8.36. The van der Waals surface area contributed by atoms with E-state index in [1.165, 1.54) is 17.8 Å².